The lowest BCUT2D eigenvalue weighted by Crippen LogP contribution is -2.22. The zero-order chi connectivity index (χ0) is 8.67. The molecule has 0 saturated carbocycles. The van der Waals surface area contributed by atoms with Gasteiger partial charge in [0.1, 0.15) is 0 Å². The van der Waals surface area contributed by atoms with Gasteiger partial charge in [-0.25, -0.2) is 0 Å². The highest BCUT2D eigenvalue weighted by atomic mass is 35.5. The summed E-state index contributed by atoms with van der Waals surface area (Å²) >= 11 is 0. The van der Waals surface area contributed by atoms with E-state index in [0.717, 1.165) is 19.5 Å². The predicted octanol–water partition coefficient (Wildman–Crippen LogP) is 2.66. The van der Waals surface area contributed by atoms with E-state index in [2.05, 4.69) is 34.6 Å². The third-order valence-corrected chi connectivity index (χ3v) is 2.76. The molecular weight excluding hydrogens is 231 g/mol. The third-order valence-electron chi connectivity index (χ3n) is 2.76. The molecule has 0 unspecified atom stereocenters. The quantitative estimate of drug-likeness (QED) is 0.733. The Labute approximate surface area is 101 Å². The second-order valence-electron chi connectivity index (χ2n) is 3.55. The van der Waals surface area contributed by atoms with Crippen molar-refractivity contribution in [2.75, 3.05) is 6.54 Å². The summed E-state index contributed by atoms with van der Waals surface area (Å²) in [5, 5.41) is 4.78. The first-order valence-corrected chi connectivity index (χ1v) is 4.74. The number of benzene rings is 1. The van der Waals surface area contributed by atoms with E-state index in [1.165, 1.54) is 22.2 Å². The largest absolute Gasteiger partial charge is 0.358 e. The van der Waals surface area contributed by atoms with Crippen LogP contribution in [0.1, 0.15) is 11.3 Å². The summed E-state index contributed by atoms with van der Waals surface area (Å²) in [4.78, 5) is 3.48. The van der Waals surface area contributed by atoms with Gasteiger partial charge in [-0.15, -0.1) is 24.8 Å². The van der Waals surface area contributed by atoms with Crippen LogP contribution in [-0.4, -0.2) is 11.5 Å². The zero-order valence-corrected chi connectivity index (χ0v) is 9.88. The molecule has 2 heterocycles. The second kappa shape index (κ2) is 4.88. The van der Waals surface area contributed by atoms with E-state index in [-0.39, 0.29) is 24.8 Å². The van der Waals surface area contributed by atoms with Gasteiger partial charge >= 0.3 is 0 Å². The van der Waals surface area contributed by atoms with E-state index in [0.29, 0.717) is 0 Å². The highest BCUT2D eigenvalue weighted by molar-refractivity contribution is 5.86. The van der Waals surface area contributed by atoms with Crippen molar-refractivity contribution < 1.29 is 0 Å². The van der Waals surface area contributed by atoms with Crippen molar-refractivity contribution >= 4 is 35.7 Å². The number of fused-ring (bicyclic) bond motifs is 3. The average Bonchev–Trinajstić information content (AvgIpc) is 2.56. The van der Waals surface area contributed by atoms with E-state index < -0.39 is 0 Å². The Morgan fingerprint density at radius 2 is 1.87 bits per heavy atom. The van der Waals surface area contributed by atoms with Gasteiger partial charge in [0.05, 0.1) is 0 Å². The Morgan fingerprint density at radius 1 is 1.07 bits per heavy atom. The van der Waals surface area contributed by atoms with Gasteiger partial charge in [0.2, 0.25) is 0 Å². The van der Waals surface area contributed by atoms with Crippen molar-refractivity contribution in [2.24, 2.45) is 0 Å². The minimum atomic E-state index is 0. The highest BCUT2D eigenvalue weighted by Crippen LogP contribution is 2.24. The topological polar surface area (TPSA) is 27.8 Å². The van der Waals surface area contributed by atoms with E-state index in [1.54, 1.807) is 0 Å². The third kappa shape index (κ3) is 1.98. The molecule has 0 fully saturated rings. The summed E-state index contributed by atoms with van der Waals surface area (Å²) < 4.78 is 0. The van der Waals surface area contributed by atoms with Gasteiger partial charge in [0, 0.05) is 36.1 Å². The van der Waals surface area contributed by atoms with E-state index in [4.69, 9.17) is 0 Å². The van der Waals surface area contributed by atoms with Crippen molar-refractivity contribution in [1.29, 1.82) is 0 Å². The van der Waals surface area contributed by atoms with Gasteiger partial charge in [-0.2, -0.15) is 0 Å². The Kier molecular flexibility index (Phi) is 4.03. The number of aromatic amines is 1. The maximum Gasteiger partial charge on any atom is 0.0459 e. The normalized spacial score (nSPS) is 13.9. The number of nitrogens with one attached hydrogen (secondary N) is 2. The fraction of sp³-hybridized carbons (Fsp3) is 0.273. The first-order chi connectivity index (χ1) is 6.45. The van der Waals surface area contributed by atoms with Crippen LogP contribution in [0, 0.1) is 0 Å². The fourth-order valence-corrected chi connectivity index (χ4v) is 2.10. The zero-order valence-electron chi connectivity index (χ0n) is 8.25. The SMILES string of the molecule is Cl.Cl.c1ccc2c3c([nH]c2c1)CCNC3. The van der Waals surface area contributed by atoms with Crippen molar-refractivity contribution in [2.45, 2.75) is 13.0 Å². The molecule has 2 aromatic rings. The molecule has 0 spiro atoms. The number of rotatable bonds is 0. The number of aromatic nitrogens is 1. The molecule has 4 heteroatoms. The number of hydrogen-bond acceptors (Lipinski definition) is 1. The van der Waals surface area contributed by atoms with Crippen molar-refractivity contribution in [3.05, 3.63) is 35.5 Å². The van der Waals surface area contributed by atoms with Gasteiger partial charge in [-0.05, 0) is 11.6 Å². The number of H-pyrrole nitrogens is 1. The fourth-order valence-electron chi connectivity index (χ4n) is 2.10. The first kappa shape index (κ1) is 12.4. The van der Waals surface area contributed by atoms with Crippen molar-refractivity contribution in [3.63, 3.8) is 0 Å². The maximum atomic E-state index is 3.48. The summed E-state index contributed by atoms with van der Waals surface area (Å²) in [6.07, 6.45) is 1.13. The van der Waals surface area contributed by atoms with Crippen molar-refractivity contribution in [3.8, 4) is 0 Å². The van der Waals surface area contributed by atoms with Crippen molar-refractivity contribution in [1.82, 2.24) is 10.3 Å². The average molecular weight is 245 g/mol. The van der Waals surface area contributed by atoms with E-state index >= 15 is 0 Å². The molecule has 0 atom stereocenters. The molecule has 0 amide bonds. The van der Waals surface area contributed by atoms with Crippen LogP contribution in [0.25, 0.3) is 10.9 Å². The summed E-state index contributed by atoms with van der Waals surface area (Å²) in [6.45, 7) is 2.11. The number of hydrogen-bond donors (Lipinski definition) is 2. The molecule has 2 nitrogen and oxygen atoms in total. The molecule has 0 aliphatic carbocycles. The minimum Gasteiger partial charge on any atom is -0.358 e. The molecule has 82 valence electrons. The Morgan fingerprint density at radius 3 is 2.73 bits per heavy atom. The lowest BCUT2D eigenvalue weighted by Gasteiger charge is -2.12. The molecule has 3 rings (SSSR count). The van der Waals surface area contributed by atoms with Crippen LogP contribution in [-0.2, 0) is 13.0 Å². The van der Waals surface area contributed by atoms with Crippen LogP contribution in [0.15, 0.2) is 24.3 Å². The molecular formula is C11H14Cl2N2. The highest BCUT2D eigenvalue weighted by Gasteiger charge is 2.13. The van der Waals surface area contributed by atoms with Gasteiger partial charge in [0.15, 0.2) is 0 Å². The minimum absolute atomic E-state index is 0. The van der Waals surface area contributed by atoms with Crippen LogP contribution in [0.3, 0.4) is 0 Å². The van der Waals surface area contributed by atoms with E-state index in [1.807, 2.05) is 0 Å². The van der Waals surface area contributed by atoms with Crippen LogP contribution >= 0.6 is 24.8 Å². The summed E-state index contributed by atoms with van der Waals surface area (Å²) in [5.74, 6) is 0. The second-order valence-corrected chi connectivity index (χ2v) is 3.55. The molecule has 0 radical (unpaired) electrons. The van der Waals surface area contributed by atoms with Crippen LogP contribution in [0.5, 0.6) is 0 Å². The molecule has 0 bridgehead atoms. The van der Waals surface area contributed by atoms with Crippen LogP contribution < -0.4 is 5.32 Å². The predicted molar refractivity (Wildman–Crippen MR) is 68.2 cm³/mol. The maximum absolute atomic E-state index is 3.48. The van der Waals surface area contributed by atoms with E-state index in [9.17, 15) is 0 Å². The Balaban J connectivity index is 0.000000562. The summed E-state index contributed by atoms with van der Waals surface area (Å²) in [7, 11) is 0. The Hall–Kier alpha value is -0.700. The monoisotopic (exact) mass is 244 g/mol. The summed E-state index contributed by atoms with van der Waals surface area (Å²) in [5.41, 5.74) is 4.15. The van der Waals surface area contributed by atoms with Gasteiger partial charge in [0.25, 0.3) is 0 Å². The van der Waals surface area contributed by atoms with Crippen LogP contribution in [0.4, 0.5) is 0 Å². The molecule has 15 heavy (non-hydrogen) atoms. The van der Waals surface area contributed by atoms with Gasteiger partial charge in [-0.3, -0.25) is 0 Å². The summed E-state index contributed by atoms with van der Waals surface area (Å²) in [6, 6.07) is 8.52. The first-order valence-electron chi connectivity index (χ1n) is 4.74. The molecule has 0 saturated heterocycles. The number of para-hydroxylation sites is 1. The molecule has 1 aliphatic rings. The number of halogens is 2. The molecule has 1 aromatic heterocycles. The standard InChI is InChI=1S/C11H12N2.2ClH/c1-2-4-10-8(3-1)9-7-12-6-5-11(9)13-10;;/h1-4,12-13H,5-7H2;2*1H. The molecule has 1 aromatic carbocycles. The Bertz CT molecular complexity index is 451. The molecule has 2 N–H and O–H groups in total. The molecule has 1 aliphatic heterocycles. The van der Waals surface area contributed by atoms with Gasteiger partial charge in [-0.1, -0.05) is 18.2 Å². The smallest absolute Gasteiger partial charge is 0.0459 e. The van der Waals surface area contributed by atoms with Gasteiger partial charge < -0.3 is 10.3 Å². The lowest BCUT2D eigenvalue weighted by molar-refractivity contribution is 0.641. The lowest BCUT2D eigenvalue weighted by atomic mass is 10.1. The van der Waals surface area contributed by atoms with Crippen LogP contribution in [0.2, 0.25) is 0 Å².